The molecule has 0 fully saturated rings. The van der Waals surface area contributed by atoms with Crippen LogP contribution in [0.3, 0.4) is 0 Å². The Hall–Kier alpha value is -1.74. The van der Waals surface area contributed by atoms with Gasteiger partial charge in [0.1, 0.15) is 0 Å². The van der Waals surface area contributed by atoms with E-state index in [-0.39, 0.29) is 0 Å². The van der Waals surface area contributed by atoms with Crippen LogP contribution >= 0.6 is 15.9 Å². The molecule has 2 nitrogen and oxygen atoms in total. The third-order valence-corrected chi connectivity index (χ3v) is 3.01. The minimum atomic E-state index is 0.773. The van der Waals surface area contributed by atoms with E-state index in [1.165, 1.54) is 0 Å². The van der Waals surface area contributed by atoms with E-state index in [1.807, 2.05) is 48.5 Å². The van der Waals surface area contributed by atoms with E-state index in [2.05, 4.69) is 25.9 Å². The summed E-state index contributed by atoms with van der Waals surface area (Å²) in [5, 5.41) is 1.04. The first-order chi connectivity index (χ1) is 8.33. The second-order valence-corrected chi connectivity index (χ2v) is 4.68. The lowest BCUT2D eigenvalue weighted by atomic mass is 10.1. The number of hydrogen-bond donors (Lipinski definition) is 0. The molecule has 3 heteroatoms. The van der Waals surface area contributed by atoms with Crippen molar-refractivity contribution in [2.24, 2.45) is 0 Å². The fourth-order valence-electron chi connectivity index (χ4n) is 1.75. The molecule has 0 bridgehead atoms. The molecule has 3 rings (SSSR count). The molecule has 0 saturated carbocycles. The molecule has 0 radical (unpaired) electrons. The monoisotopic (exact) mass is 284 g/mol. The molecule has 1 aromatic carbocycles. The first kappa shape index (κ1) is 10.4. The summed E-state index contributed by atoms with van der Waals surface area (Å²) in [6, 6.07) is 16.2. The van der Waals surface area contributed by atoms with Crippen LogP contribution < -0.4 is 0 Å². The maximum absolute atomic E-state index is 4.55. The van der Waals surface area contributed by atoms with Crippen molar-refractivity contribution in [2.45, 2.75) is 0 Å². The average Bonchev–Trinajstić information content (AvgIpc) is 2.39. The van der Waals surface area contributed by atoms with Crippen molar-refractivity contribution < 1.29 is 0 Å². The van der Waals surface area contributed by atoms with Crippen LogP contribution in [-0.4, -0.2) is 9.97 Å². The van der Waals surface area contributed by atoms with Crippen LogP contribution in [0, 0.1) is 0 Å². The first-order valence-corrected chi connectivity index (χ1v) is 6.10. The van der Waals surface area contributed by atoms with Gasteiger partial charge in [-0.05, 0) is 34.1 Å². The van der Waals surface area contributed by atoms with Crippen LogP contribution in [0.5, 0.6) is 0 Å². The van der Waals surface area contributed by atoms with E-state index in [4.69, 9.17) is 0 Å². The molecule has 0 aliphatic rings. The molecule has 0 N–H and O–H groups in total. The molecule has 82 valence electrons. The lowest BCUT2D eigenvalue weighted by Gasteiger charge is -2.02. The Kier molecular flexibility index (Phi) is 2.61. The zero-order chi connectivity index (χ0) is 11.7. The molecule has 0 aliphatic carbocycles. The highest BCUT2D eigenvalue weighted by Crippen LogP contribution is 2.21. The van der Waals surface area contributed by atoms with Crippen LogP contribution in [0.2, 0.25) is 0 Å². The molecule has 0 atom stereocenters. The van der Waals surface area contributed by atoms with Crippen molar-refractivity contribution in [3.63, 3.8) is 0 Å². The summed E-state index contributed by atoms with van der Waals surface area (Å²) < 4.78 is 0.972. The number of nitrogens with zero attached hydrogens (tertiary/aromatic N) is 2. The van der Waals surface area contributed by atoms with Crippen LogP contribution in [-0.2, 0) is 0 Å². The van der Waals surface area contributed by atoms with E-state index >= 15 is 0 Å². The van der Waals surface area contributed by atoms with Gasteiger partial charge in [0.05, 0.1) is 5.69 Å². The SMILES string of the molecule is Brc1cnc2nc(-c3ccccc3)ccc2c1. The predicted molar refractivity (Wildman–Crippen MR) is 72.7 cm³/mol. The average molecular weight is 285 g/mol. The summed E-state index contributed by atoms with van der Waals surface area (Å²) in [4.78, 5) is 8.86. The standard InChI is InChI=1S/C14H9BrN2/c15-12-8-11-6-7-13(17-14(11)16-9-12)10-4-2-1-3-5-10/h1-9H. The smallest absolute Gasteiger partial charge is 0.159 e. The third-order valence-electron chi connectivity index (χ3n) is 2.58. The zero-order valence-corrected chi connectivity index (χ0v) is 10.6. The van der Waals surface area contributed by atoms with Crippen LogP contribution in [0.15, 0.2) is 59.2 Å². The van der Waals surface area contributed by atoms with Gasteiger partial charge in [-0.3, -0.25) is 0 Å². The van der Waals surface area contributed by atoms with Crippen molar-refractivity contribution in [2.75, 3.05) is 0 Å². The van der Waals surface area contributed by atoms with Gasteiger partial charge in [-0.2, -0.15) is 0 Å². The fourth-order valence-corrected chi connectivity index (χ4v) is 2.10. The Morgan fingerprint density at radius 1 is 0.941 bits per heavy atom. The van der Waals surface area contributed by atoms with Gasteiger partial charge < -0.3 is 0 Å². The fraction of sp³-hybridized carbons (Fsp3) is 0. The van der Waals surface area contributed by atoms with Gasteiger partial charge in [0.15, 0.2) is 5.65 Å². The Bertz CT molecular complexity index is 665. The molecule has 0 aliphatic heterocycles. The van der Waals surface area contributed by atoms with Gasteiger partial charge in [-0.1, -0.05) is 30.3 Å². The lowest BCUT2D eigenvalue weighted by Crippen LogP contribution is -1.87. The van der Waals surface area contributed by atoms with Crippen LogP contribution in [0.1, 0.15) is 0 Å². The Morgan fingerprint density at radius 2 is 1.76 bits per heavy atom. The van der Waals surface area contributed by atoms with Crippen molar-refractivity contribution in [1.29, 1.82) is 0 Å². The lowest BCUT2D eigenvalue weighted by molar-refractivity contribution is 1.28. The van der Waals surface area contributed by atoms with Crippen LogP contribution in [0.4, 0.5) is 0 Å². The normalized spacial score (nSPS) is 10.6. The van der Waals surface area contributed by atoms with Crippen LogP contribution in [0.25, 0.3) is 22.3 Å². The predicted octanol–water partition coefficient (Wildman–Crippen LogP) is 4.06. The van der Waals surface area contributed by atoms with Gasteiger partial charge in [0, 0.05) is 21.6 Å². The number of rotatable bonds is 1. The number of halogens is 1. The summed E-state index contributed by atoms with van der Waals surface area (Å²) in [5.41, 5.74) is 2.83. The Labute approximate surface area is 107 Å². The topological polar surface area (TPSA) is 25.8 Å². The van der Waals surface area contributed by atoms with E-state index < -0.39 is 0 Å². The van der Waals surface area contributed by atoms with Crippen molar-refractivity contribution in [3.8, 4) is 11.3 Å². The second-order valence-electron chi connectivity index (χ2n) is 3.76. The van der Waals surface area contributed by atoms with Crippen molar-refractivity contribution >= 4 is 27.0 Å². The number of fused-ring (bicyclic) bond motifs is 1. The second kappa shape index (κ2) is 4.26. The molecule has 3 aromatic rings. The van der Waals surface area contributed by atoms with E-state index in [9.17, 15) is 0 Å². The minimum absolute atomic E-state index is 0.773. The van der Waals surface area contributed by atoms with E-state index in [1.54, 1.807) is 6.20 Å². The summed E-state index contributed by atoms with van der Waals surface area (Å²) in [6.07, 6.45) is 1.77. The molecular weight excluding hydrogens is 276 g/mol. The van der Waals surface area contributed by atoms with Crippen molar-refractivity contribution in [3.05, 3.63) is 59.2 Å². The molecular formula is C14H9BrN2. The molecule has 2 heterocycles. The van der Waals surface area contributed by atoms with Gasteiger partial charge >= 0.3 is 0 Å². The molecule has 17 heavy (non-hydrogen) atoms. The summed E-state index contributed by atoms with van der Waals surface area (Å²) in [6.45, 7) is 0. The summed E-state index contributed by atoms with van der Waals surface area (Å²) in [5.74, 6) is 0. The molecule has 2 aromatic heterocycles. The Morgan fingerprint density at radius 3 is 2.59 bits per heavy atom. The third kappa shape index (κ3) is 2.06. The maximum Gasteiger partial charge on any atom is 0.159 e. The number of benzene rings is 1. The highest BCUT2D eigenvalue weighted by Gasteiger charge is 2.02. The quantitative estimate of drug-likeness (QED) is 0.673. The summed E-state index contributed by atoms with van der Waals surface area (Å²) >= 11 is 3.41. The maximum atomic E-state index is 4.55. The highest BCUT2D eigenvalue weighted by molar-refractivity contribution is 9.10. The highest BCUT2D eigenvalue weighted by atomic mass is 79.9. The van der Waals surface area contributed by atoms with E-state index in [0.717, 1.165) is 26.8 Å². The van der Waals surface area contributed by atoms with Gasteiger partial charge in [0.25, 0.3) is 0 Å². The summed E-state index contributed by atoms with van der Waals surface area (Å²) in [7, 11) is 0. The molecule has 0 saturated heterocycles. The van der Waals surface area contributed by atoms with Gasteiger partial charge in [-0.25, -0.2) is 9.97 Å². The van der Waals surface area contributed by atoms with Gasteiger partial charge in [0.2, 0.25) is 0 Å². The number of aromatic nitrogens is 2. The number of pyridine rings is 2. The minimum Gasteiger partial charge on any atom is -0.235 e. The number of hydrogen-bond acceptors (Lipinski definition) is 2. The van der Waals surface area contributed by atoms with E-state index in [0.29, 0.717) is 0 Å². The first-order valence-electron chi connectivity index (χ1n) is 5.31. The zero-order valence-electron chi connectivity index (χ0n) is 8.97. The molecule has 0 spiro atoms. The molecule has 0 unspecified atom stereocenters. The Balaban J connectivity index is 2.17. The largest absolute Gasteiger partial charge is 0.235 e. The van der Waals surface area contributed by atoms with Crippen molar-refractivity contribution in [1.82, 2.24) is 9.97 Å². The molecule has 0 amide bonds. The van der Waals surface area contributed by atoms with Gasteiger partial charge in [-0.15, -0.1) is 0 Å².